The number of aromatic nitrogens is 1. The Morgan fingerprint density at radius 2 is 1.68 bits per heavy atom. The summed E-state index contributed by atoms with van der Waals surface area (Å²) in [6.07, 6.45) is -2.61. The third-order valence-corrected chi connectivity index (χ3v) is 12.1. The van der Waals surface area contributed by atoms with Gasteiger partial charge >= 0.3 is 6.18 Å². The summed E-state index contributed by atoms with van der Waals surface area (Å²) in [5.74, 6) is -2.98. The number of halogens is 5. The molecule has 8 nitrogen and oxygen atoms in total. The number of carbonyl (C=O) groups is 1. The second-order valence-corrected chi connectivity index (χ2v) is 15.5. The molecule has 0 radical (unpaired) electrons. The highest BCUT2D eigenvalue weighted by molar-refractivity contribution is 7.93. The molecule has 1 saturated carbocycles. The quantitative estimate of drug-likeness (QED) is 0.384. The molecule has 0 bridgehead atoms. The van der Waals surface area contributed by atoms with Crippen LogP contribution in [0, 0.1) is 17.6 Å². The van der Waals surface area contributed by atoms with Crippen LogP contribution < -0.4 is 9.62 Å². The normalized spacial score (nSPS) is 20.8. The van der Waals surface area contributed by atoms with Crippen molar-refractivity contribution in [2.24, 2.45) is 5.92 Å². The van der Waals surface area contributed by atoms with E-state index in [1.807, 2.05) is 0 Å². The lowest BCUT2D eigenvalue weighted by atomic mass is 9.70. The first kappa shape index (κ1) is 30.4. The number of rotatable bonds is 6. The average Bonchev–Trinajstić information content (AvgIpc) is 3.76. The van der Waals surface area contributed by atoms with Crippen molar-refractivity contribution >= 4 is 31.5 Å². The second-order valence-electron chi connectivity index (χ2n) is 11.4. The summed E-state index contributed by atoms with van der Waals surface area (Å²) in [6.45, 7) is -0.515. The van der Waals surface area contributed by atoms with E-state index in [4.69, 9.17) is 0 Å². The summed E-state index contributed by atoms with van der Waals surface area (Å²) >= 11 is 0. The van der Waals surface area contributed by atoms with E-state index < -0.39 is 72.8 Å². The Kier molecular flexibility index (Phi) is 7.26. The fourth-order valence-corrected chi connectivity index (χ4v) is 9.69. The number of pyridine rings is 1. The van der Waals surface area contributed by atoms with Crippen LogP contribution in [0.2, 0.25) is 0 Å². The van der Waals surface area contributed by atoms with Crippen LogP contribution in [-0.2, 0) is 38.0 Å². The molecule has 0 unspecified atom stereocenters. The third-order valence-electron chi connectivity index (χ3n) is 8.67. The van der Waals surface area contributed by atoms with E-state index in [1.165, 1.54) is 34.6 Å². The van der Waals surface area contributed by atoms with Crippen LogP contribution in [0.15, 0.2) is 59.6 Å². The number of benzene rings is 2. The number of nitrogens with one attached hydrogen (secondary N) is 1. The predicted octanol–water partition coefficient (Wildman–Crippen LogP) is 4.74. The van der Waals surface area contributed by atoms with Crippen LogP contribution in [-0.4, -0.2) is 45.3 Å². The number of fused-ring (bicyclic) bond motifs is 2. The van der Waals surface area contributed by atoms with Gasteiger partial charge in [0.25, 0.3) is 15.9 Å². The minimum absolute atomic E-state index is 0.0653. The van der Waals surface area contributed by atoms with E-state index in [1.54, 1.807) is 0 Å². The van der Waals surface area contributed by atoms with Gasteiger partial charge in [-0.3, -0.25) is 14.1 Å². The van der Waals surface area contributed by atoms with Gasteiger partial charge in [-0.05, 0) is 85.7 Å². The summed E-state index contributed by atoms with van der Waals surface area (Å²) in [4.78, 5) is 16.5. The molecule has 1 aromatic heterocycles. The van der Waals surface area contributed by atoms with Crippen molar-refractivity contribution in [1.82, 2.24) is 10.3 Å². The van der Waals surface area contributed by atoms with Crippen molar-refractivity contribution in [2.45, 2.75) is 54.8 Å². The zero-order valence-corrected chi connectivity index (χ0v) is 24.6. The molecule has 1 atom stereocenters. The predicted molar refractivity (Wildman–Crippen MR) is 149 cm³/mol. The standard InChI is InChI=1S/C29H26F5N3O5S2/c30-20-4-6-21(7-5-20)44(41,42)37-25-8-3-18(27(38)36-16-24-23(31)14-19(15-35-24)29(32,33)34)13-22(25)28(26(37)17-1-2-17)9-11-43(39,40)12-10-28/h3-8,13-15,17,26H,1-2,9-12,16H2,(H,36,38)/t26-/m1/s1. The van der Waals surface area contributed by atoms with Gasteiger partial charge in [-0.2, -0.15) is 13.2 Å². The lowest BCUT2D eigenvalue weighted by Gasteiger charge is -2.41. The van der Waals surface area contributed by atoms with Gasteiger partial charge in [-0.15, -0.1) is 0 Å². The number of nitrogens with zero attached hydrogens (tertiary/aromatic N) is 2. The lowest BCUT2D eigenvalue weighted by Crippen LogP contribution is -2.52. The second kappa shape index (κ2) is 10.5. The van der Waals surface area contributed by atoms with Crippen LogP contribution in [0.3, 0.4) is 0 Å². The van der Waals surface area contributed by atoms with Crippen LogP contribution in [0.25, 0.3) is 0 Å². The van der Waals surface area contributed by atoms with Gasteiger partial charge in [0.05, 0.1) is 45.9 Å². The number of sulfone groups is 1. The van der Waals surface area contributed by atoms with Crippen LogP contribution >= 0.6 is 0 Å². The molecule has 2 aliphatic heterocycles. The molecule has 3 heterocycles. The molecule has 44 heavy (non-hydrogen) atoms. The van der Waals surface area contributed by atoms with E-state index in [-0.39, 0.29) is 46.4 Å². The molecule has 1 saturated heterocycles. The highest BCUT2D eigenvalue weighted by Gasteiger charge is 2.60. The van der Waals surface area contributed by atoms with Gasteiger partial charge < -0.3 is 5.32 Å². The van der Waals surface area contributed by atoms with Crippen molar-refractivity contribution in [3.05, 3.63) is 88.7 Å². The van der Waals surface area contributed by atoms with Gasteiger partial charge in [-0.25, -0.2) is 25.6 Å². The van der Waals surface area contributed by atoms with Crippen molar-refractivity contribution in [1.29, 1.82) is 0 Å². The van der Waals surface area contributed by atoms with Crippen molar-refractivity contribution < 1.29 is 43.6 Å². The van der Waals surface area contributed by atoms with Gasteiger partial charge in [-0.1, -0.05) is 0 Å². The van der Waals surface area contributed by atoms with E-state index >= 15 is 0 Å². The lowest BCUT2D eigenvalue weighted by molar-refractivity contribution is -0.138. The number of anilines is 1. The molecule has 1 amide bonds. The van der Waals surface area contributed by atoms with Crippen molar-refractivity contribution in [3.8, 4) is 0 Å². The Bertz CT molecular complexity index is 1850. The molecule has 234 valence electrons. The molecule has 1 aliphatic carbocycles. The van der Waals surface area contributed by atoms with Gasteiger partial charge in [0.1, 0.15) is 21.5 Å². The van der Waals surface area contributed by atoms with E-state index in [9.17, 15) is 43.6 Å². The fourth-order valence-electron chi connectivity index (χ4n) is 6.34. The molecule has 15 heteroatoms. The highest BCUT2D eigenvalue weighted by Crippen LogP contribution is 2.59. The Morgan fingerprint density at radius 1 is 1.02 bits per heavy atom. The Balaban J connectivity index is 1.37. The Hall–Kier alpha value is -3.59. The van der Waals surface area contributed by atoms with E-state index in [0.717, 1.165) is 25.0 Å². The summed E-state index contributed by atoms with van der Waals surface area (Å²) < 4.78 is 121. The zero-order valence-electron chi connectivity index (χ0n) is 22.9. The fraction of sp³-hybridized carbons (Fsp3) is 0.379. The molecular weight excluding hydrogens is 629 g/mol. The average molecular weight is 656 g/mol. The van der Waals surface area contributed by atoms with Crippen molar-refractivity contribution in [3.63, 3.8) is 0 Å². The molecule has 1 N–H and O–H groups in total. The topological polar surface area (TPSA) is 114 Å². The molecule has 2 fully saturated rings. The molecule has 2 aromatic carbocycles. The maximum atomic E-state index is 14.3. The molecule has 3 aliphatic rings. The zero-order chi connectivity index (χ0) is 31.7. The number of sulfonamides is 1. The minimum atomic E-state index is -4.79. The Labute approximate surface area is 250 Å². The first-order valence-electron chi connectivity index (χ1n) is 13.8. The number of hydrogen-bond donors (Lipinski definition) is 1. The first-order chi connectivity index (χ1) is 20.6. The molecular formula is C29H26F5N3O5S2. The van der Waals surface area contributed by atoms with Crippen molar-refractivity contribution in [2.75, 3.05) is 15.8 Å². The highest BCUT2D eigenvalue weighted by atomic mass is 32.2. The number of carbonyl (C=O) groups excluding carboxylic acids is 1. The largest absolute Gasteiger partial charge is 0.417 e. The smallest absolute Gasteiger partial charge is 0.346 e. The molecule has 1 spiro atoms. The summed E-state index contributed by atoms with van der Waals surface area (Å²) in [7, 11) is -7.61. The Morgan fingerprint density at radius 3 is 2.27 bits per heavy atom. The SMILES string of the molecule is O=C(NCc1ncc(C(F)(F)F)cc1F)c1ccc2c(c1)C1(CCS(=O)(=O)CC1)[C@@H](C1CC1)N2S(=O)(=O)c1ccc(F)cc1. The van der Waals surface area contributed by atoms with Crippen LogP contribution in [0.1, 0.15) is 52.9 Å². The first-order valence-corrected chi connectivity index (χ1v) is 17.0. The monoisotopic (exact) mass is 655 g/mol. The number of alkyl halides is 3. The molecule has 3 aromatic rings. The summed E-state index contributed by atoms with van der Waals surface area (Å²) in [6, 6.07) is 8.43. The van der Waals surface area contributed by atoms with E-state index in [0.29, 0.717) is 17.8 Å². The van der Waals surface area contributed by atoms with E-state index in [2.05, 4.69) is 10.3 Å². The van der Waals surface area contributed by atoms with Gasteiger partial charge in [0, 0.05) is 17.2 Å². The summed E-state index contributed by atoms with van der Waals surface area (Å²) in [5.41, 5.74) is -1.76. The van der Waals surface area contributed by atoms with Crippen LogP contribution in [0.5, 0.6) is 0 Å². The maximum Gasteiger partial charge on any atom is 0.417 e. The molecule has 6 rings (SSSR count). The minimum Gasteiger partial charge on any atom is -0.346 e. The summed E-state index contributed by atoms with van der Waals surface area (Å²) in [5, 5.41) is 2.44. The van der Waals surface area contributed by atoms with Gasteiger partial charge in [0.2, 0.25) is 0 Å². The maximum absolute atomic E-state index is 14.3. The number of hydrogen-bond acceptors (Lipinski definition) is 6. The third kappa shape index (κ3) is 5.33. The van der Waals surface area contributed by atoms with Crippen LogP contribution in [0.4, 0.5) is 27.6 Å². The number of amides is 1. The van der Waals surface area contributed by atoms with Gasteiger partial charge in [0.15, 0.2) is 0 Å².